The lowest BCUT2D eigenvalue weighted by Crippen LogP contribution is -2.27. The average molecular weight is 523 g/mol. The second-order valence-electron chi connectivity index (χ2n) is 8.62. The Kier molecular flexibility index (Phi) is 8.32. The Morgan fingerprint density at radius 1 is 1.03 bits per heavy atom. The van der Waals surface area contributed by atoms with Crippen molar-refractivity contribution in [1.29, 1.82) is 0 Å². The van der Waals surface area contributed by atoms with E-state index in [1.165, 1.54) is 14.2 Å². The van der Waals surface area contributed by atoms with Crippen LogP contribution in [0.25, 0.3) is 33.7 Å². The molecule has 2 aromatic heterocycles. The number of hydrogen-bond acceptors (Lipinski definition) is 8. The van der Waals surface area contributed by atoms with Crippen LogP contribution in [-0.2, 0) is 11.2 Å². The first-order chi connectivity index (χ1) is 17.8. The van der Waals surface area contributed by atoms with Crippen LogP contribution in [0, 0.1) is 0 Å². The van der Waals surface area contributed by atoms with Gasteiger partial charge in [-0.05, 0) is 47.6 Å². The fraction of sp³-hybridized carbons (Fsp3) is 0.296. The number of aromatic amines is 1. The van der Waals surface area contributed by atoms with Crippen molar-refractivity contribution in [2.45, 2.75) is 24.8 Å². The lowest BCUT2D eigenvalue weighted by atomic mass is 10.1. The smallest absolute Gasteiger partial charge is 0.262 e. The molecule has 1 unspecified atom stereocenters. The molecule has 10 heteroatoms. The maximum absolute atomic E-state index is 13.0. The third kappa shape index (κ3) is 6.04. The van der Waals surface area contributed by atoms with E-state index >= 15 is 0 Å². The summed E-state index contributed by atoms with van der Waals surface area (Å²) in [5.41, 5.74) is 1.91. The number of nitrogens with one attached hydrogen (secondary N) is 2. The van der Waals surface area contributed by atoms with Gasteiger partial charge in [-0.1, -0.05) is 13.8 Å². The molecule has 0 aliphatic heterocycles. The summed E-state index contributed by atoms with van der Waals surface area (Å²) in [5, 5.41) is 3.65. The van der Waals surface area contributed by atoms with Gasteiger partial charge in [0.1, 0.15) is 46.9 Å². The highest BCUT2D eigenvalue weighted by Gasteiger charge is 2.17. The zero-order valence-electron chi connectivity index (χ0n) is 21.5. The third-order valence-corrected chi connectivity index (χ3v) is 6.61. The van der Waals surface area contributed by atoms with Crippen LogP contribution in [0.5, 0.6) is 17.2 Å². The highest BCUT2D eigenvalue weighted by molar-refractivity contribution is 7.90. The van der Waals surface area contributed by atoms with Crippen molar-refractivity contribution in [3.8, 4) is 40.0 Å². The van der Waals surface area contributed by atoms with Crippen LogP contribution < -0.4 is 25.1 Å². The van der Waals surface area contributed by atoms with E-state index in [4.69, 9.17) is 19.2 Å². The van der Waals surface area contributed by atoms with E-state index in [1.54, 1.807) is 36.6 Å². The molecular formula is C27H30N4O5S. The topological polar surface area (TPSA) is 121 Å². The Bertz CT molecular complexity index is 1440. The SMILES string of the molecule is COc1cc(OC)c2c(=O)[nH]c(-c3ccc(OCCNC(C)C)c(-c4ccc([S+](C)[O-])cc4)n3)nc2c1. The minimum Gasteiger partial charge on any atom is -0.612 e. The molecule has 4 aromatic rings. The van der Waals surface area contributed by atoms with Crippen molar-refractivity contribution in [1.82, 2.24) is 20.3 Å². The monoisotopic (exact) mass is 522 g/mol. The first-order valence-electron chi connectivity index (χ1n) is 11.8. The predicted molar refractivity (Wildman–Crippen MR) is 145 cm³/mol. The molecule has 2 N–H and O–H groups in total. The lowest BCUT2D eigenvalue weighted by molar-refractivity contribution is 0.309. The molecule has 1 atom stereocenters. The number of H-pyrrole nitrogens is 1. The average Bonchev–Trinajstić information content (AvgIpc) is 2.90. The maximum atomic E-state index is 13.0. The van der Waals surface area contributed by atoms with Gasteiger partial charge in [-0.2, -0.15) is 0 Å². The number of methoxy groups -OCH3 is 2. The summed E-state index contributed by atoms with van der Waals surface area (Å²) in [5.74, 6) is 1.78. The third-order valence-electron chi connectivity index (χ3n) is 5.67. The molecule has 0 spiro atoms. The largest absolute Gasteiger partial charge is 0.612 e. The van der Waals surface area contributed by atoms with Gasteiger partial charge in [0.15, 0.2) is 10.7 Å². The molecule has 0 radical (unpaired) electrons. The number of rotatable bonds is 10. The molecule has 0 saturated heterocycles. The second kappa shape index (κ2) is 11.6. The molecule has 194 valence electrons. The van der Waals surface area contributed by atoms with Crippen molar-refractivity contribution in [2.24, 2.45) is 0 Å². The van der Waals surface area contributed by atoms with Gasteiger partial charge >= 0.3 is 0 Å². The van der Waals surface area contributed by atoms with E-state index < -0.39 is 11.2 Å². The Morgan fingerprint density at radius 2 is 1.78 bits per heavy atom. The number of aromatic nitrogens is 3. The van der Waals surface area contributed by atoms with Crippen molar-refractivity contribution in [2.75, 3.05) is 33.6 Å². The van der Waals surface area contributed by atoms with Gasteiger partial charge in [-0.3, -0.25) is 4.79 Å². The van der Waals surface area contributed by atoms with Crippen LogP contribution in [0.1, 0.15) is 13.8 Å². The van der Waals surface area contributed by atoms with E-state index in [-0.39, 0.29) is 5.56 Å². The van der Waals surface area contributed by atoms with Gasteiger partial charge in [0, 0.05) is 30.3 Å². The van der Waals surface area contributed by atoms with Gasteiger partial charge in [0.05, 0.1) is 19.7 Å². The summed E-state index contributed by atoms with van der Waals surface area (Å²) in [4.78, 5) is 26.0. The minimum absolute atomic E-state index is 0.299. The predicted octanol–water partition coefficient (Wildman–Crippen LogP) is 3.78. The van der Waals surface area contributed by atoms with Crippen LogP contribution in [0.3, 0.4) is 0 Å². The standard InChI is InChI=1S/C27H30N4O5S/c1-16(2)28-12-13-36-22-11-10-20(29-25(22)17-6-8-19(9-7-17)37(5)33)26-30-21-14-18(34-3)15-23(35-4)24(21)27(32)31-26/h6-11,14-16,28H,12-13H2,1-5H3,(H,30,31,32). The van der Waals surface area contributed by atoms with Gasteiger partial charge in [-0.15, -0.1) is 0 Å². The summed E-state index contributed by atoms with van der Waals surface area (Å²) >= 11 is -1.10. The van der Waals surface area contributed by atoms with Crippen molar-refractivity contribution in [3.63, 3.8) is 0 Å². The van der Waals surface area contributed by atoms with Crippen LogP contribution in [0.2, 0.25) is 0 Å². The summed E-state index contributed by atoms with van der Waals surface area (Å²) in [6.45, 7) is 5.27. The lowest BCUT2D eigenvalue weighted by Gasteiger charge is -2.14. The molecule has 0 fully saturated rings. The Morgan fingerprint density at radius 3 is 2.43 bits per heavy atom. The summed E-state index contributed by atoms with van der Waals surface area (Å²) in [6.07, 6.45) is 1.63. The number of hydrogen-bond donors (Lipinski definition) is 2. The van der Waals surface area contributed by atoms with Crippen molar-refractivity contribution >= 4 is 22.1 Å². The van der Waals surface area contributed by atoms with Gasteiger partial charge < -0.3 is 29.1 Å². The normalized spacial score (nSPS) is 12.1. The highest BCUT2D eigenvalue weighted by atomic mass is 32.2. The Hall–Kier alpha value is -3.60. The molecular weight excluding hydrogens is 492 g/mol. The number of fused-ring (bicyclic) bond motifs is 1. The number of ether oxygens (including phenoxy) is 3. The Labute approximate surface area is 218 Å². The van der Waals surface area contributed by atoms with E-state index in [2.05, 4.69) is 29.1 Å². The van der Waals surface area contributed by atoms with E-state index in [0.29, 0.717) is 69.5 Å². The summed E-state index contributed by atoms with van der Waals surface area (Å²) < 4.78 is 28.6. The van der Waals surface area contributed by atoms with Crippen LogP contribution in [-0.4, -0.2) is 59.2 Å². The molecule has 2 aromatic carbocycles. The second-order valence-corrected chi connectivity index (χ2v) is 10.00. The minimum atomic E-state index is -1.10. The number of pyridine rings is 1. The van der Waals surface area contributed by atoms with Crippen molar-refractivity contribution in [3.05, 3.63) is 58.9 Å². The molecule has 0 bridgehead atoms. The zero-order chi connectivity index (χ0) is 26.5. The number of benzene rings is 2. The molecule has 9 nitrogen and oxygen atoms in total. The van der Waals surface area contributed by atoms with Crippen LogP contribution >= 0.6 is 0 Å². The maximum Gasteiger partial charge on any atom is 0.262 e. The van der Waals surface area contributed by atoms with Gasteiger partial charge in [0.25, 0.3) is 5.56 Å². The summed E-state index contributed by atoms with van der Waals surface area (Å²) in [6, 6.07) is 14.6. The van der Waals surface area contributed by atoms with E-state index in [1.807, 2.05) is 18.2 Å². The van der Waals surface area contributed by atoms with Gasteiger partial charge in [-0.25, -0.2) is 9.97 Å². The first-order valence-corrected chi connectivity index (χ1v) is 13.3. The molecule has 0 saturated carbocycles. The quantitative estimate of drug-likeness (QED) is 0.238. The molecule has 0 amide bonds. The van der Waals surface area contributed by atoms with Crippen LogP contribution in [0.4, 0.5) is 0 Å². The first kappa shape index (κ1) is 26.5. The number of nitrogens with zero attached hydrogens (tertiary/aromatic N) is 2. The molecule has 37 heavy (non-hydrogen) atoms. The molecule has 4 rings (SSSR count). The molecule has 0 aliphatic carbocycles. The fourth-order valence-corrected chi connectivity index (χ4v) is 4.35. The fourth-order valence-electron chi connectivity index (χ4n) is 3.83. The zero-order valence-corrected chi connectivity index (χ0v) is 22.3. The van der Waals surface area contributed by atoms with Crippen LogP contribution in [0.15, 0.2) is 58.2 Å². The van der Waals surface area contributed by atoms with Crippen molar-refractivity contribution < 1.29 is 18.8 Å². The van der Waals surface area contributed by atoms with E-state index in [0.717, 1.165) is 5.56 Å². The Balaban J connectivity index is 1.79. The van der Waals surface area contributed by atoms with Gasteiger partial charge in [0.2, 0.25) is 0 Å². The summed E-state index contributed by atoms with van der Waals surface area (Å²) in [7, 11) is 3.03. The molecule has 2 heterocycles. The highest BCUT2D eigenvalue weighted by Crippen LogP contribution is 2.32. The molecule has 0 aliphatic rings. The van der Waals surface area contributed by atoms with E-state index in [9.17, 15) is 9.35 Å².